The normalized spacial score (nSPS) is 17.8. The van der Waals surface area contributed by atoms with Crippen molar-refractivity contribution in [1.82, 2.24) is 19.3 Å². The van der Waals surface area contributed by atoms with Gasteiger partial charge in [0.15, 0.2) is 21.9 Å². The highest BCUT2D eigenvalue weighted by molar-refractivity contribution is 7.95. The summed E-state index contributed by atoms with van der Waals surface area (Å²) in [5.41, 5.74) is 1.98. The Balaban J connectivity index is 1.27. The molecule has 0 amide bonds. The van der Waals surface area contributed by atoms with Crippen LogP contribution in [-0.2, 0) is 32.2 Å². The molecule has 1 fully saturated rings. The predicted octanol–water partition coefficient (Wildman–Crippen LogP) is 4.89. The number of fused-ring (bicyclic) bond motifs is 1. The standard InChI is InChI=1S/C26H25ClF4N6O4S/c27-21-13-18(3-6-22(21)28)33-24-34-23(35-25(36-24)41-14-26(29,30)31)32-17-7-9-37(10-8-17)42(39,40)20-5-2-15-11-19(38)4-1-16(15)12-20/h2-3,5-6,12-13,17H,1,4,7-11,14H2,(H2-,32,33,34,35,36,39,40). The van der Waals surface area contributed by atoms with Gasteiger partial charge in [-0.1, -0.05) is 21.9 Å². The van der Waals surface area contributed by atoms with E-state index >= 15 is 0 Å². The number of alkyl halides is 3. The average Bonchev–Trinajstić information content (AvgIpc) is 2.93. The average molecular weight is 629 g/mol. The fourth-order valence-corrected chi connectivity index (χ4v) is 6.41. The summed E-state index contributed by atoms with van der Waals surface area (Å²) in [6.07, 6.45) is -2.70. The summed E-state index contributed by atoms with van der Waals surface area (Å²) in [5.74, 6) is -0.802. The fourth-order valence-electron chi connectivity index (χ4n) is 4.71. The molecule has 2 N–H and O–H groups in total. The zero-order valence-corrected chi connectivity index (χ0v) is 23.5. The zero-order valence-electron chi connectivity index (χ0n) is 21.9. The molecule has 0 spiro atoms. The Bertz CT molecular complexity index is 1540. The first-order valence-electron chi connectivity index (χ1n) is 12.9. The van der Waals surface area contributed by atoms with Crippen molar-refractivity contribution < 1.29 is 35.9 Å². The number of aromatic nitrogens is 3. The monoisotopic (exact) mass is 628 g/mol. The maximum atomic E-state index is 13.5. The van der Waals surface area contributed by atoms with Gasteiger partial charge in [0.05, 0.1) is 5.02 Å². The minimum Gasteiger partial charge on any atom is -0.593 e. The van der Waals surface area contributed by atoms with Gasteiger partial charge in [-0.25, -0.2) is 4.39 Å². The van der Waals surface area contributed by atoms with Crippen LogP contribution in [0, 0.1) is 5.82 Å². The Morgan fingerprint density at radius 3 is 2.50 bits per heavy atom. The molecule has 0 saturated carbocycles. The van der Waals surface area contributed by atoms with Crippen LogP contribution in [0.5, 0.6) is 6.01 Å². The van der Waals surface area contributed by atoms with E-state index in [1.165, 1.54) is 22.5 Å². The van der Waals surface area contributed by atoms with E-state index in [2.05, 4.69) is 25.6 Å². The minimum atomic E-state index is -4.63. The van der Waals surface area contributed by atoms with E-state index in [9.17, 15) is 31.1 Å². The van der Waals surface area contributed by atoms with Crippen LogP contribution in [0.1, 0.15) is 30.4 Å². The van der Waals surface area contributed by atoms with Gasteiger partial charge >= 0.3 is 12.2 Å². The molecule has 1 saturated heterocycles. The minimum absolute atomic E-state index is 0.0941. The second-order valence-electron chi connectivity index (χ2n) is 9.89. The Morgan fingerprint density at radius 2 is 1.79 bits per heavy atom. The molecule has 224 valence electrons. The molecule has 2 aliphatic rings. The summed E-state index contributed by atoms with van der Waals surface area (Å²) >= 11 is 5.80. The highest BCUT2D eigenvalue weighted by atomic mass is 35.5. The Morgan fingerprint density at radius 1 is 1.05 bits per heavy atom. The smallest absolute Gasteiger partial charge is 0.422 e. The van der Waals surface area contributed by atoms with Gasteiger partial charge in [0.25, 0.3) is 0 Å². The second kappa shape index (κ2) is 12.1. The van der Waals surface area contributed by atoms with Gasteiger partial charge in [-0.05, 0) is 60.7 Å². The van der Waals surface area contributed by atoms with Gasteiger partial charge in [-0.15, -0.1) is 4.31 Å². The van der Waals surface area contributed by atoms with Gasteiger partial charge in [-0.2, -0.15) is 28.1 Å². The van der Waals surface area contributed by atoms with E-state index in [1.807, 2.05) is 0 Å². The number of halogens is 5. The number of carbonyl (C=O) groups is 1. The number of aryl methyl sites for hydroxylation is 1. The topological polar surface area (TPSA) is 132 Å². The molecule has 5 rings (SSSR count). The summed E-state index contributed by atoms with van der Waals surface area (Å²) in [6, 6.07) is 7.63. The lowest BCUT2D eigenvalue weighted by atomic mass is 9.91. The molecule has 42 heavy (non-hydrogen) atoms. The number of ether oxygens (including phenoxy) is 1. The molecule has 0 radical (unpaired) electrons. The van der Waals surface area contributed by atoms with Crippen molar-refractivity contribution in [2.75, 3.05) is 30.3 Å². The Hall–Kier alpha value is -3.40. The molecule has 0 bridgehead atoms. The summed E-state index contributed by atoms with van der Waals surface area (Å²) in [5, 5.41) is 5.57. The molecule has 2 heterocycles. The quantitative estimate of drug-likeness (QED) is 0.264. The number of benzene rings is 2. The van der Waals surface area contributed by atoms with Crippen LogP contribution in [0.2, 0.25) is 5.02 Å². The molecule has 1 aliphatic carbocycles. The molecular formula is C26H25ClF4N6O4S. The van der Waals surface area contributed by atoms with E-state index < -0.39 is 35.0 Å². The first-order chi connectivity index (χ1) is 19.9. The molecule has 1 aliphatic heterocycles. The maximum Gasteiger partial charge on any atom is 0.422 e. The van der Waals surface area contributed by atoms with Crippen LogP contribution < -0.4 is 15.4 Å². The maximum absolute atomic E-state index is 13.5. The molecule has 1 atom stereocenters. The highest BCUT2D eigenvalue weighted by Gasteiger charge is 2.35. The predicted molar refractivity (Wildman–Crippen MR) is 145 cm³/mol. The number of sulfonamides is 1. The molecule has 2 aromatic carbocycles. The molecular weight excluding hydrogens is 604 g/mol. The highest BCUT2D eigenvalue weighted by Crippen LogP contribution is 2.30. The van der Waals surface area contributed by atoms with Crippen LogP contribution in [-0.4, -0.2) is 61.5 Å². The van der Waals surface area contributed by atoms with Gasteiger partial charge in [-0.3, -0.25) is 4.79 Å². The van der Waals surface area contributed by atoms with Crippen LogP contribution in [0.4, 0.5) is 35.1 Å². The third-order valence-corrected chi connectivity index (χ3v) is 9.00. The lowest BCUT2D eigenvalue weighted by Gasteiger charge is -2.34. The van der Waals surface area contributed by atoms with Crippen molar-refractivity contribution in [2.45, 2.75) is 49.2 Å². The molecule has 3 aromatic rings. The third-order valence-electron chi connectivity index (χ3n) is 6.82. The van der Waals surface area contributed by atoms with Gasteiger partial charge in [0.2, 0.25) is 11.9 Å². The number of piperidine rings is 1. The third kappa shape index (κ3) is 7.32. The number of nitrogens with one attached hydrogen (secondary N) is 2. The number of carbonyl (C=O) groups excluding carboxylic acids is 1. The van der Waals surface area contributed by atoms with Crippen molar-refractivity contribution >= 4 is 45.4 Å². The molecule has 16 heteroatoms. The number of anilines is 3. The molecule has 1 unspecified atom stereocenters. The number of ketones is 1. The van der Waals surface area contributed by atoms with Gasteiger partial charge < -0.3 is 19.9 Å². The van der Waals surface area contributed by atoms with Crippen LogP contribution >= 0.6 is 11.6 Å². The fraction of sp³-hybridized carbons (Fsp3) is 0.385. The van der Waals surface area contributed by atoms with Crippen molar-refractivity contribution in [3.05, 3.63) is 58.4 Å². The van der Waals surface area contributed by atoms with E-state index in [1.54, 1.807) is 12.1 Å². The van der Waals surface area contributed by atoms with Crippen molar-refractivity contribution in [2.24, 2.45) is 0 Å². The molecule has 10 nitrogen and oxygen atoms in total. The number of hydrogen-bond donors (Lipinski definition) is 2. The molecule has 1 aromatic heterocycles. The van der Waals surface area contributed by atoms with E-state index in [0.717, 1.165) is 17.2 Å². The van der Waals surface area contributed by atoms with E-state index in [0.29, 0.717) is 32.1 Å². The first-order valence-corrected chi connectivity index (χ1v) is 14.8. The second-order valence-corrected chi connectivity index (χ2v) is 12.2. The summed E-state index contributed by atoms with van der Waals surface area (Å²) < 4.78 is 84.5. The number of nitrogens with zero attached hydrogens (tertiary/aromatic N) is 4. The van der Waals surface area contributed by atoms with E-state index in [4.69, 9.17) is 16.3 Å². The summed E-state index contributed by atoms with van der Waals surface area (Å²) in [7, 11) is -3.78. The first kappa shape index (κ1) is 30.1. The van der Waals surface area contributed by atoms with Crippen LogP contribution in [0.25, 0.3) is 0 Å². The Labute approximate surface area is 244 Å². The van der Waals surface area contributed by atoms with Crippen LogP contribution in [0.3, 0.4) is 0 Å². The SMILES string of the molecule is O=C1CCc2cc([S+](=O)([O-])N3CCC(Nc4nc(Nc5ccc(F)c(Cl)c5)nc(OCC(F)(F)F)n4)CC3)ccc2C1. The Kier molecular flexibility index (Phi) is 8.64. The van der Waals surface area contributed by atoms with Crippen LogP contribution in [0.15, 0.2) is 41.3 Å². The van der Waals surface area contributed by atoms with Gasteiger partial charge in [0.1, 0.15) is 11.6 Å². The lowest BCUT2D eigenvalue weighted by molar-refractivity contribution is -0.154. The van der Waals surface area contributed by atoms with Crippen molar-refractivity contribution in [3.63, 3.8) is 0 Å². The number of hydrogen-bond acceptors (Lipinski definition) is 9. The summed E-state index contributed by atoms with van der Waals surface area (Å²) in [6.45, 7) is -1.28. The number of Topliss-reactive ketones (excluding diaryl/α,β-unsaturated/α-hetero) is 1. The van der Waals surface area contributed by atoms with E-state index in [-0.39, 0.29) is 52.4 Å². The van der Waals surface area contributed by atoms with Crippen molar-refractivity contribution in [3.8, 4) is 6.01 Å². The zero-order chi connectivity index (χ0) is 30.1. The number of rotatable bonds is 8. The summed E-state index contributed by atoms with van der Waals surface area (Å²) in [4.78, 5) is 23.8. The van der Waals surface area contributed by atoms with Crippen molar-refractivity contribution in [1.29, 1.82) is 0 Å². The largest absolute Gasteiger partial charge is 0.593 e. The lowest BCUT2D eigenvalue weighted by Crippen LogP contribution is -2.45. The van der Waals surface area contributed by atoms with Gasteiger partial charge in [0, 0.05) is 37.7 Å².